The maximum absolute atomic E-state index is 11.2. The van der Waals surface area contributed by atoms with Crippen molar-refractivity contribution in [2.24, 2.45) is 0 Å². The van der Waals surface area contributed by atoms with Gasteiger partial charge in [0.1, 0.15) is 11.4 Å². The van der Waals surface area contributed by atoms with Gasteiger partial charge in [0.25, 0.3) is 0 Å². The van der Waals surface area contributed by atoms with E-state index in [9.17, 15) is 9.90 Å². The Morgan fingerprint density at radius 3 is 2.79 bits per heavy atom. The van der Waals surface area contributed by atoms with Crippen molar-refractivity contribution in [3.8, 4) is 0 Å². The Labute approximate surface area is 112 Å². The molecule has 0 aliphatic heterocycles. The zero-order valence-corrected chi connectivity index (χ0v) is 11.0. The fourth-order valence-electron chi connectivity index (χ4n) is 1.97. The molecular weight excluding hydrogens is 240 g/mol. The monoisotopic (exact) mass is 256 g/mol. The normalized spacial score (nSPS) is 10.2. The van der Waals surface area contributed by atoms with Gasteiger partial charge in [-0.05, 0) is 31.0 Å². The summed E-state index contributed by atoms with van der Waals surface area (Å²) in [6, 6.07) is 9.76. The van der Waals surface area contributed by atoms with E-state index >= 15 is 0 Å². The minimum absolute atomic E-state index is 0.232. The van der Waals surface area contributed by atoms with Crippen LogP contribution in [0, 0.1) is 13.8 Å². The van der Waals surface area contributed by atoms with E-state index in [4.69, 9.17) is 0 Å². The van der Waals surface area contributed by atoms with E-state index in [1.165, 1.54) is 5.56 Å². The molecule has 0 unspecified atom stereocenters. The first-order valence-corrected chi connectivity index (χ1v) is 6.06. The molecule has 4 heteroatoms. The van der Waals surface area contributed by atoms with Crippen molar-refractivity contribution in [1.82, 2.24) is 4.98 Å². The molecule has 2 aromatic rings. The summed E-state index contributed by atoms with van der Waals surface area (Å²) in [6.07, 6.45) is 1.61. The number of aromatic carboxylic acids is 1. The first kappa shape index (κ1) is 13.1. The van der Waals surface area contributed by atoms with Crippen LogP contribution in [0.4, 0.5) is 5.82 Å². The molecule has 0 aliphatic carbocycles. The van der Waals surface area contributed by atoms with Crippen LogP contribution >= 0.6 is 0 Å². The molecule has 0 saturated heterocycles. The maximum Gasteiger partial charge on any atom is 0.339 e. The number of anilines is 1. The highest BCUT2D eigenvalue weighted by molar-refractivity contribution is 5.94. The van der Waals surface area contributed by atoms with E-state index in [0.717, 1.165) is 5.56 Å². The molecule has 0 amide bonds. The number of hydrogen-bond donors (Lipinski definition) is 2. The molecule has 4 nitrogen and oxygen atoms in total. The number of carboxylic acid groups (broad SMARTS) is 1. The number of carboxylic acids is 1. The standard InChI is InChI=1S/C15H16N2O2/c1-10-4-3-5-12(8-10)9-17-14-13(15(18)19)11(2)6-7-16-14/h3-8H,9H2,1-2H3,(H,16,17)(H,18,19). The second kappa shape index (κ2) is 5.52. The van der Waals surface area contributed by atoms with Gasteiger partial charge >= 0.3 is 5.97 Å². The predicted molar refractivity (Wildman–Crippen MR) is 74.4 cm³/mol. The Hall–Kier alpha value is -2.36. The number of nitrogens with one attached hydrogen (secondary N) is 1. The molecule has 0 spiro atoms. The van der Waals surface area contributed by atoms with Crippen molar-refractivity contribution < 1.29 is 9.90 Å². The lowest BCUT2D eigenvalue weighted by Crippen LogP contribution is -2.10. The molecule has 0 fully saturated rings. The fourth-order valence-corrected chi connectivity index (χ4v) is 1.97. The highest BCUT2D eigenvalue weighted by Gasteiger charge is 2.13. The van der Waals surface area contributed by atoms with Crippen LogP contribution in [-0.2, 0) is 6.54 Å². The van der Waals surface area contributed by atoms with E-state index in [2.05, 4.69) is 16.4 Å². The van der Waals surface area contributed by atoms with Gasteiger partial charge in [-0.3, -0.25) is 0 Å². The summed E-state index contributed by atoms with van der Waals surface area (Å²) in [4.78, 5) is 15.3. The molecule has 0 saturated carbocycles. The van der Waals surface area contributed by atoms with Crippen molar-refractivity contribution in [2.45, 2.75) is 20.4 Å². The van der Waals surface area contributed by atoms with Crippen LogP contribution in [0.5, 0.6) is 0 Å². The summed E-state index contributed by atoms with van der Waals surface area (Å²) >= 11 is 0. The molecule has 0 radical (unpaired) electrons. The minimum Gasteiger partial charge on any atom is -0.478 e. The molecule has 0 bridgehead atoms. The topological polar surface area (TPSA) is 62.2 Å². The van der Waals surface area contributed by atoms with Gasteiger partial charge in [0, 0.05) is 12.7 Å². The molecule has 1 aromatic carbocycles. The Bertz CT molecular complexity index is 609. The van der Waals surface area contributed by atoms with Crippen molar-refractivity contribution in [3.63, 3.8) is 0 Å². The zero-order chi connectivity index (χ0) is 13.8. The van der Waals surface area contributed by atoms with E-state index in [-0.39, 0.29) is 5.56 Å². The number of benzene rings is 1. The largest absolute Gasteiger partial charge is 0.478 e. The van der Waals surface area contributed by atoms with Crippen LogP contribution in [0.2, 0.25) is 0 Å². The number of aryl methyl sites for hydroxylation is 2. The smallest absolute Gasteiger partial charge is 0.339 e. The summed E-state index contributed by atoms with van der Waals surface area (Å²) in [5.41, 5.74) is 3.21. The molecule has 2 N–H and O–H groups in total. The van der Waals surface area contributed by atoms with Crippen LogP contribution in [0.15, 0.2) is 36.5 Å². The average Bonchev–Trinajstić information content (AvgIpc) is 2.36. The van der Waals surface area contributed by atoms with Crippen LogP contribution in [0.1, 0.15) is 27.0 Å². The molecule has 19 heavy (non-hydrogen) atoms. The van der Waals surface area contributed by atoms with Crippen molar-refractivity contribution in [2.75, 3.05) is 5.32 Å². The number of aromatic nitrogens is 1. The first-order chi connectivity index (χ1) is 9.08. The van der Waals surface area contributed by atoms with E-state index in [0.29, 0.717) is 17.9 Å². The summed E-state index contributed by atoms with van der Waals surface area (Å²) in [5.74, 6) is -0.550. The fraction of sp³-hybridized carbons (Fsp3) is 0.200. The van der Waals surface area contributed by atoms with Gasteiger partial charge in [-0.1, -0.05) is 29.8 Å². The number of pyridine rings is 1. The summed E-state index contributed by atoms with van der Waals surface area (Å²) in [5, 5.41) is 12.3. The zero-order valence-electron chi connectivity index (χ0n) is 11.0. The predicted octanol–water partition coefficient (Wildman–Crippen LogP) is 3.01. The number of carbonyl (C=O) groups is 1. The lowest BCUT2D eigenvalue weighted by Gasteiger charge is -2.10. The molecular formula is C15H16N2O2. The van der Waals surface area contributed by atoms with Gasteiger partial charge in [-0.15, -0.1) is 0 Å². The summed E-state index contributed by atoms with van der Waals surface area (Å²) in [6.45, 7) is 4.35. The van der Waals surface area contributed by atoms with Gasteiger partial charge in [-0.25, -0.2) is 9.78 Å². The second-order valence-electron chi connectivity index (χ2n) is 4.50. The first-order valence-electron chi connectivity index (χ1n) is 6.06. The lowest BCUT2D eigenvalue weighted by molar-refractivity contribution is 0.0697. The van der Waals surface area contributed by atoms with Crippen molar-refractivity contribution in [1.29, 1.82) is 0 Å². The maximum atomic E-state index is 11.2. The average molecular weight is 256 g/mol. The third-order valence-corrected chi connectivity index (χ3v) is 2.92. The number of nitrogens with zero attached hydrogens (tertiary/aromatic N) is 1. The van der Waals surface area contributed by atoms with Gasteiger partial charge in [0.05, 0.1) is 0 Å². The molecule has 98 valence electrons. The molecule has 1 aromatic heterocycles. The highest BCUT2D eigenvalue weighted by Crippen LogP contribution is 2.17. The summed E-state index contributed by atoms with van der Waals surface area (Å²) < 4.78 is 0. The Morgan fingerprint density at radius 2 is 2.11 bits per heavy atom. The molecule has 0 atom stereocenters. The summed E-state index contributed by atoms with van der Waals surface area (Å²) in [7, 11) is 0. The quantitative estimate of drug-likeness (QED) is 0.882. The SMILES string of the molecule is Cc1cccc(CNc2nccc(C)c2C(=O)O)c1. The highest BCUT2D eigenvalue weighted by atomic mass is 16.4. The number of rotatable bonds is 4. The number of hydrogen-bond acceptors (Lipinski definition) is 3. The van der Waals surface area contributed by atoms with Crippen LogP contribution < -0.4 is 5.32 Å². The Balaban J connectivity index is 2.20. The lowest BCUT2D eigenvalue weighted by atomic mass is 10.1. The van der Waals surface area contributed by atoms with Crippen LogP contribution in [-0.4, -0.2) is 16.1 Å². The minimum atomic E-state index is -0.961. The third-order valence-electron chi connectivity index (χ3n) is 2.92. The molecule has 1 heterocycles. The van der Waals surface area contributed by atoms with Crippen molar-refractivity contribution in [3.05, 3.63) is 58.8 Å². The van der Waals surface area contributed by atoms with Crippen LogP contribution in [0.25, 0.3) is 0 Å². The van der Waals surface area contributed by atoms with Gasteiger partial charge in [-0.2, -0.15) is 0 Å². The third kappa shape index (κ3) is 3.10. The van der Waals surface area contributed by atoms with E-state index in [1.807, 2.05) is 25.1 Å². The van der Waals surface area contributed by atoms with Gasteiger partial charge in [0.2, 0.25) is 0 Å². The molecule has 0 aliphatic rings. The second-order valence-corrected chi connectivity index (χ2v) is 4.50. The van der Waals surface area contributed by atoms with E-state index in [1.54, 1.807) is 19.2 Å². The van der Waals surface area contributed by atoms with Gasteiger partial charge in [0.15, 0.2) is 0 Å². The Kier molecular flexibility index (Phi) is 3.80. The van der Waals surface area contributed by atoms with Crippen LogP contribution in [0.3, 0.4) is 0 Å². The van der Waals surface area contributed by atoms with Crippen molar-refractivity contribution >= 4 is 11.8 Å². The van der Waals surface area contributed by atoms with Gasteiger partial charge < -0.3 is 10.4 Å². The van der Waals surface area contributed by atoms with E-state index < -0.39 is 5.97 Å². The molecule has 2 rings (SSSR count). The Morgan fingerprint density at radius 1 is 1.32 bits per heavy atom.